The molecule has 1 aromatic heterocycles. The van der Waals surface area contributed by atoms with Crippen LogP contribution >= 0.6 is 0 Å². The highest BCUT2D eigenvalue weighted by molar-refractivity contribution is 5.64. The Kier molecular flexibility index (Phi) is 5.80. The first kappa shape index (κ1) is 17.7. The highest BCUT2D eigenvalue weighted by Crippen LogP contribution is 2.24. The van der Waals surface area contributed by atoms with Gasteiger partial charge < -0.3 is 10.1 Å². The second-order valence-corrected chi connectivity index (χ2v) is 7.20. The summed E-state index contributed by atoms with van der Waals surface area (Å²) in [6, 6.07) is 22.0. The molecule has 1 fully saturated rings. The summed E-state index contributed by atoms with van der Waals surface area (Å²) in [4.78, 5) is 4.37. The van der Waals surface area contributed by atoms with Gasteiger partial charge in [0.15, 0.2) is 0 Å². The maximum atomic E-state index is 5.89. The van der Waals surface area contributed by atoms with Crippen LogP contribution in [-0.2, 0) is 12.8 Å². The standard InChI is InChI=1S/C24H26N2O/c1-2-6-19(7-3-1)8-4-9-20-10-5-11-21(14-20)22-15-24(17-25-16-22)27-18-23-12-13-26-23/h1-3,5-7,10-11,14-17,23,26H,4,8-9,12-13,18H2. The fourth-order valence-electron chi connectivity index (χ4n) is 3.39. The Morgan fingerprint density at radius 2 is 1.70 bits per heavy atom. The van der Waals surface area contributed by atoms with Gasteiger partial charge in [0, 0.05) is 17.8 Å². The molecule has 1 unspecified atom stereocenters. The molecule has 0 aliphatic carbocycles. The largest absolute Gasteiger partial charge is 0.490 e. The van der Waals surface area contributed by atoms with Gasteiger partial charge in [-0.05, 0) is 55.0 Å². The van der Waals surface area contributed by atoms with Crippen molar-refractivity contribution in [2.24, 2.45) is 0 Å². The lowest BCUT2D eigenvalue weighted by atomic mass is 10.00. The van der Waals surface area contributed by atoms with E-state index in [1.165, 1.54) is 23.1 Å². The van der Waals surface area contributed by atoms with E-state index in [1.54, 1.807) is 6.20 Å². The molecule has 27 heavy (non-hydrogen) atoms. The second-order valence-electron chi connectivity index (χ2n) is 7.20. The SMILES string of the molecule is c1ccc(CCCc2cccc(-c3cncc(OCC4CCN4)c3)c2)cc1. The van der Waals surface area contributed by atoms with Crippen molar-refractivity contribution in [3.63, 3.8) is 0 Å². The average Bonchev–Trinajstić information content (AvgIpc) is 2.68. The number of hydrogen-bond acceptors (Lipinski definition) is 3. The van der Waals surface area contributed by atoms with Crippen LogP contribution in [0, 0.1) is 0 Å². The predicted molar refractivity (Wildman–Crippen MR) is 110 cm³/mol. The lowest BCUT2D eigenvalue weighted by molar-refractivity contribution is 0.217. The molecule has 2 aromatic carbocycles. The molecule has 0 bridgehead atoms. The summed E-state index contributed by atoms with van der Waals surface area (Å²) in [5.74, 6) is 0.843. The smallest absolute Gasteiger partial charge is 0.138 e. The Morgan fingerprint density at radius 3 is 2.52 bits per heavy atom. The molecule has 1 saturated heterocycles. The maximum Gasteiger partial charge on any atom is 0.138 e. The molecule has 0 radical (unpaired) electrons. The zero-order valence-electron chi connectivity index (χ0n) is 15.6. The van der Waals surface area contributed by atoms with Gasteiger partial charge in [-0.3, -0.25) is 4.98 Å². The van der Waals surface area contributed by atoms with E-state index in [1.807, 2.05) is 6.20 Å². The fraction of sp³-hybridized carbons (Fsp3) is 0.292. The first-order valence-corrected chi connectivity index (χ1v) is 9.81. The van der Waals surface area contributed by atoms with Crippen molar-refractivity contribution in [1.82, 2.24) is 10.3 Å². The van der Waals surface area contributed by atoms with Gasteiger partial charge in [-0.15, -0.1) is 0 Å². The minimum absolute atomic E-state index is 0.488. The molecule has 3 nitrogen and oxygen atoms in total. The molecule has 3 heteroatoms. The summed E-state index contributed by atoms with van der Waals surface area (Å²) < 4.78 is 5.89. The van der Waals surface area contributed by atoms with Crippen molar-refractivity contribution >= 4 is 0 Å². The van der Waals surface area contributed by atoms with Crippen LogP contribution in [-0.4, -0.2) is 24.2 Å². The van der Waals surface area contributed by atoms with E-state index in [-0.39, 0.29) is 0 Å². The zero-order chi connectivity index (χ0) is 18.3. The number of hydrogen-bond donors (Lipinski definition) is 1. The number of ether oxygens (including phenoxy) is 1. The van der Waals surface area contributed by atoms with Crippen molar-refractivity contribution in [1.29, 1.82) is 0 Å². The number of benzene rings is 2. The zero-order valence-corrected chi connectivity index (χ0v) is 15.6. The van der Waals surface area contributed by atoms with Gasteiger partial charge in [-0.2, -0.15) is 0 Å². The van der Waals surface area contributed by atoms with E-state index in [2.05, 4.69) is 71.0 Å². The van der Waals surface area contributed by atoms with Crippen LogP contribution in [0.4, 0.5) is 0 Å². The monoisotopic (exact) mass is 358 g/mol. The van der Waals surface area contributed by atoms with Crippen LogP contribution < -0.4 is 10.1 Å². The fourth-order valence-corrected chi connectivity index (χ4v) is 3.39. The molecule has 1 aliphatic heterocycles. The summed E-state index contributed by atoms with van der Waals surface area (Å²) in [7, 11) is 0. The van der Waals surface area contributed by atoms with Crippen LogP contribution in [0.5, 0.6) is 5.75 Å². The quantitative estimate of drug-likeness (QED) is 0.636. The Balaban J connectivity index is 1.37. The summed E-state index contributed by atoms with van der Waals surface area (Å²) in [6.45, 7) is 1.81. The molecular weight excluding hydrogens is 332 g/mol. The Labute approximate surface area is 161 Å². The van der Waals surface area contributed by atoms with Crippen LogP contribution in [0.15, 0.2) is 73.1 Å². The van der Waals surface area contributed by atoms with Gasteiger partial charge in [-0.25, -0.2) is 0 Å². The van der Waals surface area contributed by atoms with Gasteiger partial charge in [-0.1, -0.05) is 54.6 Å². The van der Waals surface area contributed by atoms with Crippen molar-refractivity contribution in [3.05, 3.63) is 84.2 Å². The number of rotatable bonds is 8. The highest BCUT2D eigenvalue weighted by Gasteiger charge is 2.16. The topological polar surface area (TPSA) is 34.1 Å². The van der Waals surface area contributed by atoms with Crippen molar-refractivity contribution in [2.45, 2.75) is 31.7 Å². The number of nitrogens with one attached hydrogen (secondary N) is 1. The van der Waals surface area contributed by atoms with E-state index in [4.69, 9.17) is 4.74 Å². The third-order valence-corrected chi connectivity index (χ3v) is 5.12. The average molecular weight is 358 g/mol. The Morgan fingerprint density at radius 1 is 0.889 bits per heavy atom. The summed E-state index contributed by atoms with van der Waals surface area (Å²) >= 11 is 0. The molecule has 0 amide bonds. The van der Waals surface area contributed by atoms with Crippen molar-refractivity contribution < 1.29 is 4.74 Å². The van der Waals surface area contributed by atoms with Crippen molar-refractivity contribution in [3.8, 4) is 16.9 Å². The predicted octanol–water partition coefficient (Wildman–Crippen LogP) is 4.66. The molecule has 0 spiro atoms. The van der Waals surface area contributed by atoms with Crippen LogP contribution in [0.3, 0.4) is 0 Å². The van der Waals surface area contributed by atoms with E-state index >= 15 is 0 Å². The minimum Gasteiger partial charge on any atom is -0.490 e. The number of pyridine rings is 1. The molecule has 138 valence electrons. The first-order chi connectivity index (χ1) is 13.4. The molecule has 1 N–H and O–H groups in total. The number of aromatic nitrogens is 1. The summed E-state index contributed by atoms with van der Waals surface area (Å²) in [5.41, 5.74) is 5.09. The first-order valence-electron chi connectivity index (χ1n) is 9.81. The molecule has 0 saturated carbocycles. The molecule has 3 aromatic rings. The molecule has 4 rings (SSSR count). The van der Waals surface area contributed by atoms with E-state index in [9.17, 15) is 0 Å². The lowest BCUT2D eigenvalue weighted by Crippen LogP contribution is -2.46. The maximum absolute atomic E-state index is 5.89. The van der Waals surface area contributed by atoms with Crippen LogP contribution in [0.1, 0.15) is 24.0 Å². The van der Waals surface area contributed by atoms with Gasteiger partial charge >= 0.3 is 0 Å². The Hall–Kier alpha value is -2.65. The lowest BCUT2D eigenvalue weighted by Gasteiger charge is -2.27. The van der Waals surface area contributed by atoms with Gasteiger partial charge in [0.25, 0.3) is 0 Å². The molecular formula is C24H26N2O. The van der Waals surface area contributed by atoms with Crippen LogP contribution in [0.25, 0.3) is 11.1 Å². The van der Waals surface area contributed by atoms with Gasteiger partial charge in [0.05, 0.1) is 6.20 Å². The highest BCUT2D eigenvalue weighted by atomic mass is 16.5. The molecule has 1 atom stereocenters. The van der Waals surface area contributed by atoms with Crippen molar-refractivity contribution in [2.75, 3.05) is 13.2 Å². The number of aryl methyl sites for hydroxylation is 2. The Bertz CT molecular complexity index is 859. The third-order valence-electron chi connectivity index (χ3n) is 5.12. The van der Waals surface area contributed by atoms with E-state index in [0.717, 1.165) is 37.1 Å². The molecule has 2 heterocycles. The number of nitrogens with zero attached hydrogens (tertiary/aromatic N) is 1. The van der Waals surface area contributed by atoms with Gasteiger partial charge in [0.1, 0.15) is 12.4 Å². The van der Waals surface area contributed by atoms with E-state index in [0.29, 0.717) is 12.6 Å². The minimum atomic E-state index is 0.488. The summed E-state index contributed by atoms with van der Waals surface area (Å²) in [6.07, 6.45) is 8.26. The normalized spacial score (nSPS) is 15.9. The van der Waals surface area contributed by atoms with Crippen LogP contribution in [0.2, 0.25) is 0 Å². The second kappa shape index (κ2) is 8.83. The third kappa shape index (κ3) is 4.95. The van der Waals surface area contributed by atoms with Gasteiger partial charge in [0.2, 0.25) is 0 Å². The molecule has 1 aliphatic rings. The van der Waals surface area contributed by atoms with E-state index < -0.39 is 0 Å². The summed E-state index contributed by atoms with van der Waals surface area (Å²) in [5, 5.41) is 3.36.